The molecule has 2 rings (SSSR count). The van der Waals surface area contributed by atoms with E-state index < -0.39 is 23.8 Å². The quantitative estimate of drug-likeness (QED) is 0.466. The number of nitrogens with one attached hydrogen (secondary N) is 2. The van der Waals surface area contributed by atoms with E-state index >= 15 is 0 Å². The first-order chi connectivity index (χ1) is 13.3. The predicted molar refractivity (Wildman–Crippen MR) is 103 cm³/mol. The van der Waals surface area contributed by atoms with Gasteiger partial charge in [0.1, 0.15) is 11.7 Å². The van der Waals surface area contributed by atoms with Crippen LogP contribution in [0.3, 0.4) is 0 Å². The Hall–Kier alpha value is -3.27. The first-order valence-corrected chi connectivity index (χ1v) is 9.34. The van der Waals surface area contributed by atoms with E-state index in [1.54, 1.807) is 0 Å². The number of carboxylic acids is 1. The van der Waals surface area contributed by atoms with E-state index in [4.69, 9.17) is 10.8 Å². The van der Waals surface area contributed by atoms with Gasteiger partial charge in [-0.25, -0.2) is 9.78 Å². The molecular weight excluding hydrogens is 384 g/mol. The Morgan fingerprint density at radius 3 is 2.50 bits per heavy atom. The number of thiazole rings is 1. The van der Waals surface area contributed by atoms with Gasteiger partial charge in [0, 0.05) is 18.2 Å². The SMILES string of the molecule is NC(=O)CCC(NC(=O)c1csc(NC(=O)CCc2ccccc2)n1)C(=O)O. The van der Waals surface area contributed by atoms with Crippen molar-refractivity contribution in [2.45, 2.75) is 31.7 Å². The highest BCUT2D eigenvalue weighted by molar-refractivity contribution is 7.14. The number of nitrogens with zero attached hydrogens (tertiary/aromatic N) is 1. The minimum Gasteiger partial charge on any atom is -0.480 e. The van der Waals surface area contributed by atoms with Crippen molar-refractivity contribution in [2.24, 2.45) is 5.73 Å². The lowest BCUT2D eigenvalue weighted by atomic mass is 10.1. The average Bonchev–Trinajstić information content (AvgIpc) is 3.12. The van der Waals surface area contributed by atoms with Gasteiger partial charge < -0.3 is 21.5 Å². The summed E-state index contributed by atoms with van der Waals surface area (Å²) in [4.78, 5) is 50.1. The second kappa shape index (κ2) is 10.2. The number of aryl methyl sites for hydroxylation is 1. The topological polar surface area (TPSA) is 151 Å². The number of anilines is 1. The highest BCUT2D eigenvalue weighted by Gasteiger charge is 2.22. The monoisotopic (exact) mass is 404 g/mol. The minimum absolute atomic E-state index is 0.0197. The van der Waals surface area contributed by atoms with Gasteiger partial charge in [0.15, 0.2) is 5.13 Å². The smallest absolute Gasteiger partial charge is 0.326 e. The molecule has 9 nitrogen and oxygen atoms in total. The van der Waals surface area contributed by atoms with E-state index in [9.17, 15) is 19.2 Å². The molecule has 5 N–H and O–H groups in total. The molecule has 28 heavy (non-hydrogen) atoms. The molecule has 3 amide bonds. The largest absolute Gasteiger partial charge is 0.480 e. The Kier molecular flexibility index (Phi) is 7.64. The molecule has 2 aromatic rings. The van der Waals surface area contributed by atoms with Crippen LogP contribution < -0.4 is 16.4 Å². The maximum absolute atomic E-state index is 12.2. The molecule has 1 unspecified atom stereocenters. The molecule has 0 fully saturated rings. The van der Waals surface area contributed by atoms with Crippen LogP contribution in [-0.2, 0) is 20.8 Å². The van der Waals surface area contributed by atoms with Gasteiger partial charge in [-0.2, -0.15) is 0 Å². The first-order valence-electron chi connectivity index (χ1n) is 8.46. The van der Waals surface area contributed by atoms with E-state index in [1.807, 2.05) is 30.3 Å². The fraction of sp³-hybridized carbons (Fsp3) is 0.278. The van der Waals surface area contributed by atoms with E-state index in [0.717, 1.165) is 16.9 Å². The summed E-state index contributed by atoms with van der Waals surface area (Å²) in [6.07, 6.45) is 0.547. The number of aliphatic carboxylic acids is 1. The Morgan fingerprint density at radius 2 is 1.86 bits per heavy atom. The van der Waals surface area contributed by atoms with Crippen LogP contribution in [0, 0.1) is 0 Å². The summed E-state index contributed by atoms with van der Waals surface area (Å²) in [5.74, 6) is -2.89. The van der Waals surface area contributed by atoms with Gasteiger partial charge in [0.05, 0.1) is 0 Å². The lowest BCUT2D eigenvalue weighted by Gasteiger charge is -2.12. The number of amides is 3. The maximum Gasteiger partial charge on any atom is 0.326 e. The molecule has 1 aromatic heterocycles. The Labute approximate surface area is 165 Å². The van der Waals surface area contributed by atoms with Crippen molar-refractivity contribution in [3.05, 3.63) is 47.0 Å². The molecule has 148 valence electrons. The van der Waals surface area contributed by atoms with Crippen molar-refractivity contribution in [2.75, 3.05) is 5.32 Å². The molecular formula is C18H20N4O5S. The summed E-state index contributed by atoms with van der Waals surface area (Å²) in [7, 11) is 0. The zero-order valence-electron chi connectivity index (χ0n) is 14.9. The molecule has 1 atom stereocenters. The maximum atomic E-state index is 12.2. The second-order valence-electron chi connectivity index (χ2n) is 5.94. The standard InChI is InChI=1S/C18H20N4O5S/c19-14(23)8-7-12(17(26)27)20-16(25)13-10-28-18(21-13)22-15(24)9-6-11-4-2-1-3-5-11/h1-5,10,12H,6-9H2,(H2,19,23)(H,20,25)(H,26,27)(H,21,22,24). The van der Waals surface area contributed by atoms with Gasteiger partial charge in [-0.1, -0.05) is 30.3 Å². The average molecular weight is 404 g/mol. The number of benzene rings is 1. The zero-order valence-corrected chi connectivity index (χ0v) is 15.7. The van der Waals surface area contributed by atoms with Gasteiger partial charge in [-0.15, -0.1) is 11.3 Å². The molecule has 0 spiro atoms. The van der Waals surface area contributed by atoms with Crippen LogP contribution in [0.4, 0.5) is 5.13 Å². The number of nitrogens with two attached hydrogens (primary N) is 1. The summed E-state index contributed by atoms with van der Waals surface area (Å²) in [6.45, 7) is 0. The van der Waals surface area contributed by atoms with Crippen LogP contribution in [0.15, 0.2) is 35.7 Å². The van der Waals surface area contributed by atoms with E-state index in [1.165, 1.54) is 5.38 Å². The summed E-state index contributed by atoms with van der Waals surface area (Å²) >= 11 is 1.06. The Bertz CT molecular complexity index is 853. The summed E-state index contributed by atoms with van der Waals surface area (Å²) in [5.41, 5.74) is 6.01. The number of hydrogen-bond donors (Lipinski definition) is 4. The van der Waals surface area contributed by atoms with E-state index in [0.29, 0.717) is 6.42 Å². The van der Waals surface area contributed by atoms with Crippen molar-refractivity contribution in [1.29, 1.82) is 0 Å². The van der Waals surface area contributed by atoms with Crippen LogP contribution in [0.5, 0.6) is 0 Å². The van der Waals surface area contributed by atoms with Crippen LogP contribution in [0.2, 0.25) is 0 Å². The van der Waals surface area contributed by atoms with Gasteiger partial charge in [0.2, 0.25) is 11.8 Å². The number of carboxylic acid groups (broad SMARTS) is 1. The molecule has 0 aliphatic heterocycles. The lowest BCUT2D eigenvalue weighted by Crippen LogP contribution is -2.41. The summed E-state index contributed by atoms with van der Waals surface area (Å²) < 4.78 is 0. The number of aromatic nitrogens is 1. The van der Waals surface area contributed by atoms with Crippen LogP contribution in [0.1, 0.15) is 35.3 Å². The highest BCUT2D eigenvalue weighted by Crippen LogP contribution is 2.16. The molecule has 1 aromatic carbocycles. The fourth-order valence-corrected chi connectivity index (χ4v) is 3.00. The van der Waals surface area contributed by atoms with Crippen molar-refractivity contribution >= 4 is 40.2 Å². The molecule has 0 saturated heterocycles. The van der Waals surface area contributed by atoms with E-state index in [2.05, 4.69) is 15.6 Å². The highest BCUT2D eigenvalue weighted by atomic mass is 32.1. The number of primary amides is 1. The minimum atomic E-state index is -1.28. The van der Waals surface area contributed by atoms with Crippen molar-refractivity contribution < 1.29 is 24.3 Å². The predicted octanol–water partition coefficient (Wildman–Crippen LogP) is 1.16. The van der Waals surface area contributed by atoms with Crippen LogP contribution in [-0.4, -0.2) is 39.8 Å². The Morgan fingerprint density at radius 1 is 1.14 bits per heavy atom. The van der Waals surface area contributed by atoms with Gasteiger partial charge in [-0.3, -0.25) is 14.4 Å². The second-order valence-corrected chi connectivity index (χ2v) is 6.80. The zero-order chi connectivity index (χ0) is 20.5. The summed E-state index contributed by atoms with van der Waals surface area (Å²) in [5, 5.41) is 15.7. The van der Waals surface area contributed by atoms with Crippen molar-refractivity contribution in [1.82, 2.24) is 10.3 Å². The van der Waals surface area contributed by atoms with E-state index in [-0.39, 0.29) is 36.0 Å². The van der Waals surface area contributed by atoms with Crippen molar-refractivity contribution in [3.63, 3.8) is 0 Å². The molecule has 0 bridgehead atoms. The third kappa shape index (κ3) is 6.80. The van der Waals surface area contributed by atoms with Gasteiger partial charge >= 0.3 is 5.97 Å². The molecule has 0 saturated carbocycles. The number of rotatable bonds is 10. The summed E-state index contributed by atoms with van der Waals surface area (Å²) in [6, 6.07) is 8.28. The molecule has 1 heterocycles. The van der Waals surface area contributed by atoms with Gasteiger partial charge in [0.25, 0.3) is 5.91 Å². The number of carbonyl (C=O) groups excluding carboxylic acids is 3. The number of hydrogen-bond acceptors (Lipinski definition) is 6. The normalized spacial score (nSPS) is 11.4. The molecule has 10 heteroatoms. The van der Waals surface area contributed by atoms with Crippen molar-refractivity contribution in [3.8, 4) is 0 Å². The first kappa shape index (κ1) is 21.0. The van der Waals surface area contributed by atoms with Crippen LogP contribution >= 0.6 is 11.3 Å². The molecule has 0 radical (unpaired) electrons. The van der Waals surface area contributed by atoms with Gasteiger partial charge in [-0.05, 0) is 18.4 Å². The third-order valence-corrected chi connectivity index (χ3v) is 4.51. The fourth-order valence-electron chi connectivity index (χ4n) is 2.30. The molecule has 0 aliphatic rings. The Balaban J connectivity index is 1.87. The molecule has 0 aliphatic carbocycles. The van der Waals surface area contributed by atoms with Crippen LogP contribution in [0.25, 0.3) is 0 Å². The lowest BCUT2D eigenvalue weighted by molar-refractivity contribution is -0.139. The third-order valence-electron chi connectivity index (χ3n) is 3.75. The number of carbonyl (C=O) groups is 4.